The molecule has 25 heavy (non-hydrogen) atoms. The molecular formula is C18H16F3NO2S. The molecule has 0 aliphatic carbocycles. The highest BCUT2D eigenvalue weighted by Crippen LogP contribution is 2.43. The average Bonchev–Trinajstić information content (AvgIpc) is 2.97. The molecule has 1 saturated heterocycles. The number of hydrogen-bond donors (Lipinski definition) is 0. The molecule has 1 aliphatic heterocycles. The first-order chi connectivity index (χ1) is 12.0. The Balaban J connectivity index is 1.92. The molecule has 1 amide bonds. The maximum Gasteiger partial charge on any atom is 0.234 e. The third kappa shape index (κ3) is 3.46. The van der Waals surface area contributed by atoms with Gasteiger partial charge in [-0.2, -0.15) is 0 Å². The second-order valence-electron chi connectivity index (χ2n) is 5.49. The summed E-state index contributed by atoms with van der Waals surface area (Å²) in [6, 6.07) is 9.33. The normalized spacial score (nSPS) is 17.2. The quantitative estimate of drug-likeness (QED) is 0.739. The molecule has 0 aromatic heterocycles. The molecule has 132 valence electrons. The smallest absolute Gasteiger partial charge is 0.234 e. The lowest BCUT2D eigenvalue weighted by Gasteiger charge is -2.26. The minimum Gasteiger partial charge on any atom is -0.493 e. The molecule has 3 nitrogen and oxygen atoms in total. The Kier molecular flexibility index (Phi) is 5.22. The van der Waals surface area contributed by atoms with Crippen LogP contribution in [0.4, 0.5) is 13.2 Å². The maximum absolute atomic E-state index is 14.0. The van der Waals surface area contributed by atoms with Crippen molar-refractivity contribution in [2.45, 2.75) is 18.8 Å². The lowest BCUT2D eigenvalue weighted by Crippen LogP contribution is -2.28. The number of rotatable bonds is 5. The van der Waals surface area contributed by atoms with Crippen LogP contribution >= 0.6 is 11.8 Å². The van der Waals surface area contributed by atoms with Crippen LogP contribution in [-0.4, -0.2) is 23.2 Å². The molecule has 7 heteroatoms. The Morgan fingerprint density at radius 1 is 1.16 bits per heavy atom. The summed E-state index contributed by atoms with van der Waals surface area (Å²) in [5.74, 6) is -3.35. The summed E-state index contributed by atoms with van der Waals surface area (Å²) in [4.78, 5) is 13.7. The van der Waals surface area contributed by atoms with Gasteiger partial charge in [-0.05, 0) is 19.1 Å². The van der Waals surface area contributed by atoms with Gasteiger partial charge < -0.3 is 9.64 Å². The molecule has 1 fully saturated rings. The number of halogens is 3. The Morgan fingerprint density at radius 3 is 2.68 bits per heavy atom. The minimum absolute atomic E-state index is 0.0614. The van der Waals surface area contributed by atoms with E-state index in [0.29, 0.717) is 12.4 Å². The predicted octanol–water partition coefficient (Wildman–Crippen LogP) is 4.28. The molecule has 0 bridgehead atoms. The van der Waals surface area contributed by atoms with Gasteiger partial charge in [0.15, 0.2) is 17.5 Å². The first-order valence-corrected chi connectivity index (χ1v) is 8.83. The molecule has 1 aliphatic rings. The van der Waals surface area contributed by atoms with Gasteiger partial charge in [-0.1, -0.05) is 24.3 Å². The van der Waals surface area contributed by atoms with E-state index in [1.165, 1.54) is 16.7 Å². The summed E-state index contributed by atoms with van der Waals surface area (Å²) < 4.78 is 46.2. The van der Waals surface area contributed by atoms with E-state index in [1.54, 1.807) is 6.07 Å². The van der Waals surface area contributed by atoms with E-state index in [1.807, 2.05) is 25.1 Å². The fourth-order valence-corrected chi connectivity index (χ4v) is 3.94. The number of benzene rings is 2. The molecule has 1 unspecified atom stereocenters. The summed E-state index contributed by atoms with van der Waals surface area (Å²) in [5.41, 5.74) is 0.733. The van der Waals surface area contributed by atoms with Crippen molar-refractivity contribution < 1.29 is 22.7 Å². The van der Waals surface area contributed by atoms with Gasteiger partial charge in [0.1, 0.15) is 11.1 Å². The van der Waals surface area contributed by atoms with Gasteiger partial charge in [-0.3, -0.25) is 4.79 Å². The van der Waals surface area contributed by atoms with Crippen LogP contribution < -0.4 is 4.74 Å². The molecular weight excluding hydrogens is 351 g/mol. The van der Waals surface area contributed by atoms with Crippen LogP contribution in [-0.2, 0) is 11.3 Å². The molecule has 0 spiro atoms. The fraction of sp³-hybridized carbons (Fsp3) is 0.278. The second-order valence-corrected chi connectivity index (χ2v) is 6.56. The van der Waals surface area contributed by atoms with E-state index in [-0.39, 0.29) is 29.1 Å². The Labute approximate surface area is 147 Å². The summed E-state index contributed by atoms with van der Waals surface area (Å²) in [7, 11) is 0. The first-order valence-electron chi connectivity index (χ1n) is 7.78. The monoisotopic (exact) mass is 367 g/mol. The van der Waals surface area contributed by atoms with E-state index in [4.69, 9.17) is 4.74 Å². The highest BCUT2D eigenvalue weighted by molar-refractivity contribution is 8.00. The highest BCUT2D eigenvalue weighted by Gasteiger charge is 2.35. The zero-order valence-electron chi connectivity index (χ0n) is 13.5. The largest absolute Gasteiger partial charge is 0.493 e. The molecule has 3 rings (SSSR count). The van der Waals surface area contributed by atoms with Gasteiger partial charge in [-0.25, -0.2) is 13.2 Å². The minimum atomic E-state index is -1.52. The van der Waals surface area contributed by atoms with Gasteiger partial charge in [0.2, 0.25) is 5.91 Å². The lowest BCUT2D eigenvalue weighted by molar-refractivity contribution is -0.128. The number of carbonyl (C=O) groups is 1. The summed E-state index contributed by atoms with van der Waals surface area (Å²) >= 11 is 1.39. The topological polar surface area (TPSA) is 29.5 Å². The molecule has 2 aromatic rings. The van der Waals surface area contributed by atoms with Crippen molar-refractivity contribution in [3.05, 3.63) is 65.0 Å². The average molecular weight is 367 g/mol. The van der Waals surface area contributed by atoms with Crippen molar-refractivity contribution in [1.29, 1.82) is 0 Å². The third-order valence-electron chi connectivity index (χ3n) is 3.91. The molecule has 2 aromatic carbocycles. The van der Waals surface area contributed by atoms with Crippen molar-refractivity contribution in [2.75, 3.05) is 12.4 Å². The molecule has 1 atom stereocenters. The molecule has 1 heterocycles. The number of carbonyl (C=O) groups excluding carboxylic acids is 1. The molecule has 0 saturated carbocycles. The number of nitrogens with zero attached hydrogens (tertiary/aromatic N) is 1. The first kappa shape index (κ1) is 17.7. The van der Waals surface area contributed by atoms with Gasteiger partial charge in [0, 0.05) is 11.1 Å². The standard InChI is InChI=1S/C18H16F3NO2S/c1-2-24-14-6-4-3-5-12(14)18-22(15(23)10-25-18)9-11-7-8-13(19)17(21)16(11)20/h3-8,18H,2,9-10H2,1H3. The van der Waals surface area contributed by atoms with E-state index in [9.17, 15) is 18.0 Å². The number of hydrogen-bond acceptors (Lipinski definition) is 3. The van der Waals surface area contributed by atoms with Crippen molar-refractivity contribution >= 4 is 17.7 Å². The van der Waals surface area contributed by atoms with Crippen LogP contribution in [0.3, 0.4) is 0 Å². The summed E-state index contributed by atoms with van der Waals surface area (Å²) in [5, 5.41) is -0.372. The molecule has 0 N–H and O–H groups in total. The summed E-state index contributed by atoms with van der Waals surface area (Å²) in [6.45, 7) is 2.19. The summed E-state index contributed by atoms with van der Waals surface area (Å²) in [6.07, 6.45) is 0. The van der Waals surface area contributed by atoms with Gasteiger partial charge in [-0.15, -0.1) is 11.8 Å². The number of thioether (sulfide) groups is 1. The third-order valence-corrected chi connectivity index (χ3v) is 5.15. The van der Waals surface area contributed by atoms with Crippen LogP contribution in [0.5, 0.6) is 5.75 Å². The van der Waals surface area contributed by atoms with Crippen molar-refractivity contribution in [1.82, 2.24) is 4.90 Å². The Bertz CT molecular complexity index is 800. The van der Waals surface area contributed by atoms with Gasteiger partial charge in [0.25, 0.3) is 0 Å². The number of para-hydroxylation sites is 1. The fourth-order valence-electron chi connectivity index (χ4n) is 2.73. The highest BCUT2D eigenvalue weighted by atomic mass is 32.2. The Hall–Kier alpha value is -2.15. The van der Waals surface area contributed by atoms with Crippen LogP contribution in [0.2, 0.25) is 0 Å². The zero-order chi connectivity index (χ0) is 18.0. The predicted molar refractivity (Wildman–Crippen MR) is 89.7 cm³/mol. The van der Waals surface area contributed by atoms with Gasteiger partial charge >= 0.3 is 0 Å². The number of ether oxygens (including phenoxy) is 1. The van der Waals surface area contributed by atoms with Crippen molar-refractivity contribution in [3.8, 4) is 5.75 Å². The zero-order valence-corrected chi connectivity index (χ0v) is 14.3. The lowest BCUT2D eigenvalue weighted by atomic mass is 10.1. The van der Waals surface area contributed by atoms with Crippen LogP contribution in [0.1, 0.15) is 23.4 Å². The molecule has 0 radical (unpaired) electrons. The van der Waals surface area contributed by atoms with Crippen molar-refractivity contribution in [3.63, 3.8) is 0 Å². The van der Waals surface area contributed by atoms with E-state index >= 15 is 0 Å². The Morgan fingerprint density at radius 2 is 1.92 bits per heavy atom. The van der Waals surface area contributed by atoms with E-state index in [2.05, 4.69) is 0 Å². The van der Waals surface area contributed by atoms with Crippen LogP contribution in [0.15, 0.2) is 36.4 Å². The second kappa shape index (κ2) is 7.39. The van der Waals surface area contributed by atoms with Crippen LogP contribution in [0.25, 0.3) is 0 Å². The number of amides is 1. The van der Waals surface area contributed by atoms with Crippen LogP contribution in [0, 0.1) is 17.5 Å². The van der Waals surface area contributed by atoms with E-state index in [0.717, 1.165) is 17.7 Å². The van der Waals surface area contributed by atoms with Crippen molar-refractivity contribution in [2.24, 2.45) is 0 Å². The van der Waals surface area contributed by atoms with Gasteiger partial charge in [0.05, 0.1) is 18.9 Å². The maximum atomic E-state index is 14.0. The van der Waals surface area contributed by atoms with E-state index < -0.39 is 17.5 Å². The SMILES string of the molecule is CCOc1ccccc1C1SCC(=O)N1Cc1ccc(F)c(F)c1F.